The lowest BCUT2D eigenvalue weighted by molar-refractivity contribution is -0.137. The van der Waals surface area contributed by atoms with Gasteiger partial charge in [-0.1, -0.05) is 35.9 Å². The van der Waals surface area contributed by atoms with Crippen LogP contribution in [0.2, 0.25) is 5.02 Å². The topological polar surface area (TPSA) is 111 Å². The molecule has 0 bridgehead atoms. The normalized spacial score (nSPS) is 13.5. The average Bonchev–Trinajstić information content (AvgIpc) is 3.23. The molecule has 0 atom stereocenters. The molecule has 0 aliphatic carbocycles. The zero-order valence-electron chi connectivity index (χ0n) is 21.9. The van der Waals surface area contributed by atoms with Crippen LogP contribution in [0.4, 0.5) is 17.1 Å². The summed E-state index contributed by atoms with van der Waals surface area (Å²) in [7, 11) is 1.88. The molecule has 9 heteroatoms. The highest BCUT2D eigenvalue weighted by Crippen LogP contribution is 2.39. The monoisotopic (exact) mass is 546 g/mol. The first kappa shape index (κ1) is 27.9. The third kappa shape index (κ3) is 6.85. The Hall–Kier alpha value is -4.14. The van der Waals surface area contributed by atoms with E-state index in [1.807, 2.05) is 55.6 Å². The second kappa shape index (κ2) is 12.6. The predicted octanol–water partition coefficient (Wildman–Crippen LogP) is 5.25. The van der Waals surface area contributed by atoms with Gasteiger partial charge >= 0.3 is 5.97 Å². The maximum atomic E-state index is 13.2. The number of amides is 2. The van der Waals surface area contributed by atoms with Crippen LogP contribution in [-0.4, -0.2) is 43.0 Å². The van der Waals surface area contributed by atoms with Crippen molar-refractivity contribution in [1.82, 2.24) is 5.32 Å². The number of hydrogen-bond donors (Lipinski definition) is 4. The molecule has 3 aromatic rings. The summed E-state index contributed by atoms with van der Waals surface area (Å²) in [6.07, 6.45) is 1.20. The molecule has 4 rings (SSSR count). The van der Waals surface area contributed by atoms with E-state index in [1.165, 1.54) is 0 Å². The highest BCUT2D eigenvalue weighted by atomic mass is 35.5. The van der Waals surface area contributed by atoms with Crippen LogP contribution in [0.3, 0.4) is 0 Å². The molecule has 1 aliphatic rings. The molecule has 4 N–H and O–H groups in total. The summed E-state index contributed by atoms with van der Waals surface area (Å²) in [6, 6.07) is 20.2. The Morgan fingerprint density at radius 2 is 1.82 bits per heavy atom. The Kier molecular flexibility index (Phi) is 9.01. The SMILES string of the molecule is CNCCCN(C(C)=O)c1ccc(NC(=C2C(=O)Nc3cc(Cl)ccc32)c2cccc(CCC(=O)O)c2)cc1. The molecule has 8 nitrogen and oxygen atoms in total. The molecule has 2 amide bonds. The quantitative estimate of drug-likeness (QED) is 0.193. The van der Waals surface area contributed by atoms with Crippen LogP contribution in [0.1, 0.15) is 36.5 Å². The Balaban J connectivity index is 1.73. The standard InChI is InChI=1S/C30H31ClN4O4/c1-19(36)35(16-4-15-32-2)24-11-9-23(10-12-24)33-29(21-6-3-5-20(17-21)7-14-27(37)38)28-25-13-8-22(31)18-26(25)34-30(28)39/h3,5-6,8-13,17-18,32-33H,4,7,14-16H2,1-2H3,(H,34,39)(H,37,38). The summed E-state index contributed by atoms with van der Waals surface area (Å²) in [5, 5.41) is 19.1. The second-order valence-electron chi connectivity index (χ2n) is 9.29. The van der Waals surface area contributed by atoms with Crippen LogP contribution in [0, 0.1) is 0 Å². The third-order valence-electron chi connectivity index (χ3n) is 6.46. The van der Waals surface area contributed by atoms with E-state index in [4.69, 9.17) is 16.7 Å². The van der Waals surface area contributed by atoms with Gasteiger partial charge in [0, 0.05) is 41.9 Å². The summed E-state index contributed by atoms with van der Waals surface area (Å²) < 4.78 is 0. The minimum absolute atomic E-state index is 0.00698. The van der Waals surface area contributed by atoms with Crippen molar-refractivity contribution in [2.45, 2.75) is 26.2 Å². The van der Waals surface area contributed by atoms with Crippen molar-refractivity contribution in [3.05, 3.63) is 88.4 Å². The van der Waals surface area contributed by atoms with E-state index in [1.54, 1.807) is 30.0 Å². The number of anilines is 3. The molecule has 202 valence electrons. The van der Waals surface area contributed by atoms with Crippen molar-refractivity contribution in [1.29, 1.82) is 0 Å². The van der Waals surface area contributed by atoms with Crippen molar-refractivity contribution >= 4 is 57.7 Å². The number of benzene rings is 3. The van der Waals surface area contributed by atoms with Gasteiger partial charge in [0.25, 0.3) is 5.91 Å². The van der Waals surface area contributed by atoms with Crippen LogP contribution in [-0.2, 0) is 20.8 Å². The van der Waals surface area contributed by atoms with Gasteiger partial charge in [-0.05, 0) is 80.0 Å². The van der Waals surface area contributed by atoms with Gasteiger partial charge < -0.3 is 26.0 Å². The molecule has 1 aliphatic heterocycles. The third-order valence-corrected chi connectivity index (χ3v) is 6.69. The van der Waals surface area contributed by atoms with E-state index < -0.39 is 5.97 Å². The molecule has 0 aromatic heterocycles. The number of fused-ring (bicyclic) bond motifs is 1. The smallest absolute Gasteiger partial charge is 0.303 e. The zero-order valence-corrected chi connectivity index (χ0v) is 22.6. The van der Waals surface area contributed by atoms with Crippen LogP contribution in [0.15, 0.2) is 66.7 Å². The lowest BCUT2D eigenvalue weighted by atomic mass is 9.97. The van der Waals surface area contributed by atoms with Gasteiger partial charge in [0.2, 0.25) is 5.91 Å². The van der Waals surface area contributed by atoms with Crippen molar-refractivity contribution in [3.8, 4) is 0 Å². The number of hydrogen-bond acceptors (Lipinski definition) is 5. The van der Waals surface area contributed by atoms with Gasteiger partial charge in [0.05, 0.1) is 17.0 Å². The molecule has 0 saturated heterocycles. The van der Waals surface area contributed by atoms with Crippen molar-refractivity contribution in [2.24, 2.45) is 0 Å². The van der Waals surface area contributed by atoms with Gasteiger partial charge in [-0.2, -0.15) is 0 Å². The van der Waals surface area contributed by atoms with Crippen LogP contribution in [0.25, 0.3) is 11.3 Å². The first-order valence-electron chi connectivity index (χ1n) is 12.7. The fraction of sp³-hybridized carbons (Fsp3) is 0.233. The fourth-order valence-electron chi connectivity index (χ4n) is 4.56. The van der Waals surface area contributed by atoms with Crippen molar-refractivity contribution in [2.75, 3.05) is 35.7 Å². The van der Waals surface area contributed by atoms with Gasteiger partial charge in [-0.25, -0.2) is 0 Å². The minimum Gasteiger partial charge on any atom is -0.481 e. The maximum Gasteiger partial charge on any atom is 0.303 e. The molecule has 0 unspecified atom stereocenters. The number of nitrogens with zero attached hydrogens (tertiary/aromatic N) is 1. The number of carboxylic acid groups (broad SMARTS) is 1. The van der Waals surface area contributed by atoms with E-state index in [9.17, 15) is 14.4 Å². The maximum absolute atomic E-state index is 13.2. The average molecular weight is 547 g/mol. The van der Waals surface area contributed by atoms with Crippen LogP contribution >= 0.6 is 11.6 Å². The summed E-state index contributed by atoms with van der Waals surface area (Å²) in [5.41, 5.74) is 5.48. The molecule has 0 spiro atoms. The highest BCUT2D eigenvalue weighted by molar-refractivity contribution is 6.38. The van der Waals surface area contributed by atoms with Crippen molar-refractivity contribution in [3.63, 3.8) is 0 Å². The van der Waals surface area contributed by atoms with E-state index in [-0.39, 0.29) is 18.2 Å². The number of carbonyl (C=O) groups is 3. The number of aliphatic carboxylic acids is 1. The van der Waals surface area contributed by atoms with Gasteiger partial charge in [-0.15, -0.1) is 0 Å². The van der Waals surface area contributed by atoms with E-state index in [0.717, 1.165) is 35.5 Å². The van der Waals surface area contributed by atoms with Gasteiger partial charge in [0.15, 0.2) is 0 Å². The van der Waals surface area contributed by atoms with E-state index in [2.05, 4.69) is 16.0 Å². The molecular formula is C30H31ClN4O4. The zero-order chi connectivity index (χ0) is 27.9. The Morgan fingerprint density at radius 3 is 2.51 bits per heavy atom. The molecular weight excluding hydrogens is 516 g/mol. The molecule has 0 radical (unpaired) electrons. The largest absolute Gasteiger partial charge is 0.481 e. The van der Waals surface area contributed by atoms with Gasteiger partial charge in [0.1, 0.15) is 0 Å². The molecule has 0 saturated carbocycles. The lowest BCUT2D eigenvalue weighted by Gasteiger charge is -2.22. The Labute approximate surface area is 232 Å². The Morgan fingerprint density at radius 1 is 1.05 bits per heavy atom. The minimum atomic E-state index is -0.872. The summed E-state index contributed by atoms with van der Waals surface area (Å²) in [5.74, 6) is -1.18. The van der Waals surface area contributed by atoms with Gasteiger partial charge in [-0.3, -0.25) is 14.4 Å². The summed E-state index contributed by atoms with van der Waals surface area (Å²) >= 11 is 6.17. The number of aryl methyl sites for hydroxylation is 1. The Bertz CT molecular complexity index is 1420. The number of nitrogens with one attached hydrogen (secondary N) is 3. The van der Waals surface area contributed by atoms with E-state index in [0.29, 0.717) is 40.5 Å². The number of carbonyl (C=O) groups excluding carboxylic acids is 2. The summed E-state index contributed by atoms with van der Waals surface area (Å²) in [4.78, 5) is 38.3. The number of carboxylic acids is 1. The lowest BCUT2D eigenvalue weighted by Crippen LogP contribution is -2.31. The molecule has 1 heterocycles. The van der Waals surface area contributed by atoms with Crippen LogP contribution in [0.5, 0.6) is 0 Å². The molecule has 39 heavy (non-hydrogen) atoms. The van der Waals surface area contributed by atoms with Crippen molar-refractivity contribution < 1.29 is 19.5 Å². The highest BCUT2D eigenvalue weighted by Gasteiger charge is 2.29. The second-order valence-corrected chi connectivity index (χ2v) is 9.72. The first-order chi connectivity index (χ1) is 18.8. The predicted molar refractivity (Wildman–Crippen MR) is 156 cm³/mol. The number of halogens is 1. The fourth-order valence-corrected chi connectivity index (χ4v) is 4.73. The van der Waals surface area contributed by atoms with E-state index >= 15 is 0 Å². The first-order valence-corrected chi connectivity index (χ1v) is 13.1. The number of rotatable bonds is 11. The molecule has 3 aromatic carbocycles. The molecule has 0 fully saturated rings. The summed E-state index contributed by atoms with van der Waals surface area (Å²) in [6.45, 7) is 2.95. The van der Waals surface area contributed by atoms with Crippen LogP contribution < -0.4 is 20.9 Å².